The van der Waals surface area contributed by atoms with Crippen molar-refractivity contribution in [2.45, 2.75) is 31.8 Å². The largest absolute Gasteiger partial charge is 0.462 e. The van der Waals surface area contributed by atoms with Gasteiger partial charge < -0.3 is 8.92 Å². The van der Waals surface area contributed by atoms with Crippen LogP contribution in [-0.4, -0.2) is 62.0 Å². The van der Waals surface area contributed by atoms with Gasteiger partial charge >= 0.3 is 16.1 Å². The van der Waals surface area contributed by atoms with E-state index in [1.807, 2.05) is 25.1 Å². The van der Waals surface area contributed by atoms with Gasteiger partial charge in [0.2, 0.25) is 0 Å². The highest BCUT2D eigenvalue weighted by Gasteiger charge is 2.28. The maximum atomic E-state index is 12.8. The first-order chi connectivity index (χ1) is 16.8. The molecular formula is C25H29N3O5S2. The lowest BCUT2D eigenvalue weighted by Crippen LogP contribution is -2.45. The van der Waals surface area contributed by atoms with E-state index in [0.29, 0.717) is 11.6 Å². The highest BCUT2D eigenvalue weighted by Crippen LogP contribution is 2.30. The van der Waals surface area contributed by atoms with E-state index in [4.69, 9.17) is 8.92 Å². The first-order valence-electron chi connectivity index (χ1n) is 11.5. The Morgan fingerprint density at radius 3 is 2.23 bits per heavy atom. The van der Waals surface area contributed by atoms with E-state index in [-0.39, 0.29) is 22.3 Å². The number of aryl methyl sites for hydroxylation is 1. The van der Waals surface area contributed by atoms with Gasteiger partial charge in [0.05, 0.1) is 13.2 Å². The SMILES string of the molecule is CCOC(=O)c1sc(CN2CCN(Cc3ccccc3)CC2)nc1OS(=O)(=O)c1ccc(C)cc1. The molecule has 0 N–H and O–H groups in total. The topological polar surface area (TPSA) is 89.0 Å². The van der Waals surface area contributed by atoms with Gasteiger partial charge in [-0.25, -0.2) is 9.78 Å². The number of thiazole rings is 1. The third-order valence-corrected chi connectivity index (χ3v) is 7.90. The Hall–Kier alpha value is -2.79. The van der Waals surface area contributed by atoms with Crippen molar-refractivity contribution >= 4 is 27.4 Å². The number of aromatic nitrogens is 1. The lowest BCUT2D eigenvalue weighted by molar-refractivity contribution is 0.0530. The Kier molecular flexibility index (Phi) is 8.17. The van der Waals surface area contributed by atoms with Crippen LogP contribution < -0.4 is 4.18 Å². The third-order valence-electron chi connectivity index (χ3n) is 5.67. The number of carbonyl (C=O) groups excluding carboxylic acids is 1. The lowest BCUT2D eigenvalue weighted by atomic mass is 10.2. The van der Waals surface area contributed by atoms with Crippen LogP contribution in [0.1, 0.15) is 32.7 Å². The molecule has 10 heteroatoms. The van der Waals surface area contributed by atoms with Crippen molar-refractivity contribution in [3.8, 4) is 5.88 Å². The summed E-state index contributed by atoms with van der Waals surface area (Å²) < 4.78 is 36.0. The van der Waals surface area contributed by atoms with Gasteiger partial charge in [0.1, 0.15) is 9.90 Å². The number of ether oxygens (including phenoxy) is 1. The molecule has 0 aliphatic carbocycles. The Morgan fingerprint density at radius 1 is 0.971 bits per heavy atom. The van der Waals surface area contributed by atoms with Gasteiger partial charge in [-0.3, -0.25) is 9.80 Å². The lowest BCUT2D eigenvalue weighted by Gasteiger charge is -2.34. The molecule has 1 saturated heterocycles. The molecule has 0 unspecified atom stereocenters. The first-order valence-corrected chi connectivity index (χ1v) is 13.7. The summed E-state index contributed by atoms with van der Waals surface area (Å²) in [6.07, 6.45) is 0. The maximum absolute atomic E-state index is 12.8. The van der Waals surface area contributed by atoms with Gasteiger partial charge in [0, 0.05) is 32.7 Å². The van der Waals surface area contributed by atoms with Gasteiger partial charge in [-0.15, -0.1) is 11.3 Å². The minimum Gasteiger partial charge on any atom is -0.462 e. The zero-order valence-electron chi connectivity index (χ0n) is 19.8. The molecule has 0 spiro atoms. The van der Waals surface area contributed by atoms with Gasteiger partial charge in [0.15, 0.2) is 4.88 Å². The van der Waals surface area contributed by atoms with Crippen LogP contribution in [-0.2, 0) is 27.9 Å². The van der Waals surface area contributed by atoms with E-state index in [9.17, 15) is 13.2 Å². The van der Waals surface area contributed by atoms with Crippen LogP contribution in [0.4, 0.5) is 0 Å². The highest BCUT2D eigenvalue weighted by atomic mass is 32.2. The number of hydrogen-bond acceptors (Lipinski definition) is 9. The molecule has 3 aromatic rings. The van der Waals surface area contributed by atoms with Crippen molar-refractivity contribution in [2.75, 3.05) is 32.8 Å². The first kappa shape index (κ1) is 25.3. The zero-order valence-corrected chi connectivity index (χ0v) is 21.5. The molecule has 0 bridgehead atoms. The van der Waals surface area contributed by atoms with E-state index in [2.05, 4.69) is 26.9 Å². The van der Waals surface area contributed by atoms with Crippen LogP contribution in [0.5, 0.6) is 5.88 Å². The second-order valence-electron chi connectivity index (χ2n) is 8.35. The van der Waals surface area contributed by atoms with E-state index in [1.54, 1.807) is 19.1 Å². The fraction of sp³-hybridized carbons (Fsp3) is 0.360. The number of nitrogens with zero attached hydrogens (tertiary/aromatic N) is 3. The second-order valence-corrected chi connectivity index (χ2v) is 11.0. The number of esters is 1. The van der Waals surface area contributed by atoms with Crippen LogP contribution in [0.25, 0.3) is 0 Å². The van der Waals surface area contributed by atoms with Crippen molar-refractivity contribution in [3.05, 3.63) is 75.6 Å². The molecule has 0 saturated carbocycles. The summed E-state index contributed by atoms with van der Waals surface area (Å²) in [4.78, 5) is 21.6. The van der Waals surface area contributed by atoms with Crippen molar-refractivity contribution in [1.82, 2.24) is 14.8 Å². The summed E-state index contributed by atoms with van der Waals surface area (Å²) in [6, 6.07) is 16.7. The molecule has 1 fully saturated rings. The Labute approximate surface area is 210 Å². The van der Waals surface area contributed by atoms with Gasteiger partial charge in [-0.05, 0) is 31.5 Å². The second kappa shape index (κ2) is 11.3. The average Bonchev–Trinajstić information content (AvgIpc) is 3.23. The molecule has 2 heterocycles. The van der Waals surface area contributed by atoms with Crippen LogP contribution in [0.15, 0.2) is 59.5 Å². The predicted octanol–water partition coefficient (Wildman–Crippen LogP) is 3.71. The molecule has 0 atom stereocenters. The number of benzene rings is 2. The smallest absolute Gasteiger partial charge is 0.354 e. The fourth-order valence-electron chi connectivity index (χ4n) is 3.79. The van der Waals surface area contributed by atoms with Gasteiger partial charge in [-0.2, -0.15) is 8.42 Å². The Balaban J connectivity index is 1.44. The van der Waals surface area contributed by atoms with E-state index < -0.39 is 16.1 Å². The minimum atomic E-state index is -4.14. The minimum absolute atomic E-state index is 0.00185. The molecule has 186 valence electrons. The summed E-state index contributed by atoms with van der Waals surface area (Å²) in [7, 11) is -4.14. The number of hydrogen-bond donors (Lipinski definition) is 0. The average molecular weight is 516 g/mol. The van der Waals surface area contributed by atoms with Crippen molar-refractivity contribution in [1.29, 1.82) is 0 Å². The maximum Gasteiger partial charge on any atom is 0.354 e. The Morgan fingerprint density at radius 2 is 1.60 bits per heavy atom. The molecule has 2 aromatic carbocycles. The van der Waals surface area contributed by atoms with Crippen molar-refractivity contribution in [2.24, 2.45) is 0 Å². The highest BCUT2D eigenvalue weighted by molar-refractivity contribution is 7.87. The van der Waals surface area contributed by atoms with Crippen LogP contribution in [0.2, 0.25) is 0 Å². The standard InChI is InChI=1S/C25H29N3O5S2/c1-3-32-25(29)23-24(33-35(30,31)21-11-9-19(2)10-12-21)26-22(34-23)18-28-15-13-27(14-16-28)17-20-7-5-4-6-8-20/h4-12H,3,13-18H2,1-2H3. The summed E-state index contributed by atoms with van der Waals surface area (Å²) >= 11 is 1.11. The molecule has 35 heavy (non-hydrogen) atoms. The van der Waals surface area contributed by atoms with Crippen LogP contribution in [0.3, 0.4) is 0 Å². The molecule has 0 radical (unpaired) electrons. The summed E-state index contributed by atoms with van der Waals surface area (Å²) in [5.74, 6) is -0.871. The summed E-state index contributed by atoms with van der Waals surface area (Å²) in [6.45, 7) is 8.66. The monoisotopic (exact) mass is 515 g/mol. The summed E-state index contributed by atoms with van der Waals surface area (Å²) in [5.41, 5.74) is 2.22. The summed E-state index contributed by atoms with van der Waals surface area (Å²) in [5, 5.41) is 0.610. The third kappa shape index (κ3) is 6.66. The van der Waals surface area contributed by atoms with E-state index in [1.165, 1.54) is 17.7 Å². The number of carbonyl (C=O) groups is 1. The van der Waals surface area contributed by atoms with Gasteiger partial charge in [-0.1, -0.05) is 48.0 Å². The molecule has 0 amide bonds. The van der Waals surface area contributed by atoms with Crippen LogP contribution in [0, 0.1) is 6.92 Å². The molecule has 1 aromatic heterocycles. The predicted molar refractivity (Wildman–Crippen MR) is 134 cm³/mol. The quantitative estimate of drug-likeness (QED) is 0.315. The van der Waals surface area contributed by atoms with E-state index in [0.717, 1.165) is 49.6 Å². The molecule has 1 aliphatic rings. The van der Waals surface area contributed by atoms with Gasteiger partial charge in [0.25, 0.3) is 5.88 Å². The molecule has 1 aliphatic heterocycles. The zero-order chi connectivity index (χ0) is 24.8. The van der Waals surface area contributed by atoms with E-state index >= 15 is 0 Å². The number of piperazine rings is 1. The Bertz CT molecular complexity index is 1240. The molecule has 8 nitrogen and oxygen atoms in total. The molecule has 4 rings (SSSR count). The molecular weight excluding hydrogens is 486 g/mol. The van der Waals surface area contributed by atoms with Crippen molar-refractivity contribution in [3.63, 3.8) is 0 Å². The normalized spacial score (nSPS) is 15.1. The van der Waals surface area contributed by atoms with Crippen LogP contribution >= 0.6 is 11.3 Å². The fourth-order valence-corrected chi connectivity index (χ4v) is 5.67. The van der Waals surface area contributed by atoms with Crippen molar-refractivity contribution < 1.29 is 22.1 Å². The number of rotatable bonds is 9.